The first-order chi connectivity index (χ1) is 10.5. The summed E-state index contributed by atoms with van der Waals surface area (Å²) in [6, 6.07) is 2.55. The van der Waals surface area contributed by atoms with Crippen LogP contribution in [-0.2, 0) is 9.53 Å². The maximum Gasteiger partial charge on any atom is 0.338 e. The fraction of sp³-hybridized carbons (Fsp3) is 0.200. The molecule has 1 aromatic carbocycles. The lowest BCUT2D eigenvalue weighted by molar-refractivity contribution is -0.138. The highest BCUT2D eigenvalue weighted by molar-refractivity contribution is 6.31. The van der Waals surface area contributed by atoms with Gasteiger partial charge in [0.05, 0.1) is 11.6 Å². The first kappa shape index (κ1) is 16.0. The molecule has 0 spiro atoms. The molecule has 0 aromatic heterocycles. The van der Waals surface area contributed by atoms with E-state index in [0.29, 0.717) is 0 Å². The number of esters is 1. The Morgan fingerprint density at radius 3 is 2.91 bits per heavy atom. The lowest BCUT2D eigenvalue weighted by atomic mass is 9.95. The number of halogens is 2. The van der Waals surface area contributed by atoms with Gasteiger partial charge in [0.2, 0.25) is 0 Å². The fourth-order valence-corrected chi connectivity index (χ4v) is 2.45. The molecule has 0 radical (unpaired) electrons. The zero-order valence-electron chi connectivity index (χ0n) is 11.8. The zero-order valence-corrected chi connectivity index (χ0v) is 12.5. The molecule has 0 saturated carbocycles. The molecule has 22 heavy (non-hydrogen) atoms. The van der Waals surface area contributed by atoms with Crippen molar-refractivity contribution in [1.29, 1.82) is 0 Å². The van der Waals surface area contributed by atoms with Crippen LogP contribution in [0.5, 0.6) is 0 Å². The number of carbonyl (C=O) groups excluding carboxylic acids is 2. The molecule has 1 heterocycles. The van der Waals surface area contributed by atoms with Crippen molar-refractivity contribution in [3.63, 3.8) is 0 Å². The van der Waals surface area contributed by atoms with Crippen molar-refractivity contribution in [3.05, 3.63) is 58.5 Å². The van der Waals surface area contributed by atoms with Crippen molar-refractivity contribution in [2.75, 3.05) is 6.61 Å². The molecule has 2 N–H and O–H groups in total. The highest BCUT2D eigenvalue weighted by Gasteiger charge is 2.34. The van der Waals surface area contributed by atoms with E-state index >= 15 is 0 Å². The maximum absolute atomic E-state index is 14.1. The number of amides is 2. The molecule has 5 nitrogen and oxygen atoms in total. The van der Waals surface area contributed by atoms with E-state index in [0.717, 1.165) is 0 Å². The molecule has 1 aliphatic heterocycles. The van der Waals surface area contributed by atoms with Crippen LogP contribution in [0.1, 0.15) is 18.5 Å². The number of benzene rings is 1. The van der Waals surface area contributed by atoms with Crippen molar-refractivity contribution in [2.45, 2.75) is 13.0 Å². The van der Waals surface area contributed by atoms with Gasteiger partial charge in [0.15, 0.2) is 0 Å². The predicted molar refractivity (Wildman–Crippen MR) is 79.7 cm³/mol. The highest BCUT2D eigenvalue weighted by Crippen LogP contribution is 2.33. The molecular formula is C15H14ClFN2O3. The number of rotatable bonds is 4. The van der Waals surface area contributed by atoms with Gasteiger partial charge in [0.1, 0.15) is 12.4 Å². The van der Waals surface area contributed by atoms with Crippen molar-refractivity contribution in [1.82, 2.24) is 10.6 Å². The Labute approximate surface area is 131 Å². The van der Waals surface area contributed by atoms with E-state index in [9.17, 15) is 14.0 Å². The van der Waals surface area contributed by atoms with Crippen LogP contribution in [0.2, 0.25) is 5.02 Å². The molecule has 1 atom stereocenters. The fourth-order valence-electron chi connectivity index (χ4n) is 2.18. The van der Waals surface area contributed by atoms with Crippen LogP contribution in [0.25, 0.3) is 0 Å². The number of nitrogens with one attached hydrogen (secondary N) is 2. The Bertz CT molecular complexity index is 653. The lowest BCUT2D eigenvalue weighted by Crippen LogP contribution is -2.45. The number of allylic oxidation sites excluding steroid dienone is 1. The first-order valence-corrected chi connectivity index (χ1v) is 6.83. The molecule has 1 aromatic rings. The second kappa shape index (κ2) is 6.62. The predicted octanol–water partition coefficient (Wildman–Crippen LogP) is 2.84. The summed E-state index contributed by atoms with van der Waals surface area (Å²) < 4.78 is 19.1. The molecule has 0 aliphatic carbocycles. The van der Waals surface area contributed by atoms with Crippen LogP contribution in [0, 0.1) is 5.82 Å². The van der Waals surface area contributed by atoms with E-state index in [1.54, 1.807) is 0 Å². The summed E-state index contributed by atoms with van der Waals surface area (Å²) in [5, 5.41) is 5.06. The molecular weight excluding hydrogens is 311 g/mol. The molecule has 0 saturated heterocycles. The standard InChI is InChI=1S/C15H14ClFN2O3/c1-3-7-22-14(20)11-8(2)18-15(21)19-13(11)12-9(16)5-4-6-10(12)17/h3-6,13H,1,7H2,2H3,(H2,18,19,21)/t13-/m1/s1. The van der Waals surface area contributed by atoms with Crippen LogP contribution in [0.4, 0.5) is 9.18 Å². The van der Waals surface area contributed by atoms with Gasteiger partial charge in [-0.05, 0) is 19.1 Å². The third kappa shape index (κ3) is 3.12. The summed E-state index contributed by atoms with van der Waals surface area (Å²) >= 11 is 6.03. The number of hydrogen-bond donors (Lipinski definition) is 2. The van der Waals surface area contributed by atoms with Crippen molar-refractivity contribution in [3.8, 4) is 0 Å². The second-order valence-electron chi connectivity index (χ2n) is 4.59. The van der Waals surface area contributed by atoms with E-state index in [1.165, 1.54) is 31.2 Å². The van der Waals surface area contributed by atoms with Gasteiger partial charge in [0.25, 0.3) is 0 Å². The Balaban J connectivity index is 2.51. The monoisotopic (exact) mass is 324 g/mol. The van der Waals surface area contributed by atoms with Crippen LogP contribution >= 0.6 is 11.6 Å². The summed E-state index contributed by atoms with van der Waals surface area (Å²) in [4.78, 5) is 23.9. The van der Waals surface area contributed by atoms with Crippen LogP contribution in [0.3, 0.4) is 0 Å². The summed E-state index contributed by atoms with van der Waals surface area (Å²) in [6.45, 7) is 4.99. The Morgan fingerprint density at radius 1 is 1.55 bits per heavy atom. The maximum atomic E-state index is 14.1. The molecule has 0 unspecified atom stereocenters. The van der Waals surface area contributed by atoms with Gasteiger partial charge in [-0.1, -0.05) is 30.3 Å². The molecule has 2 rings (SSSR count). The molecule has 0 fully saturated rings. The van der Waals surface area contributed by atoms with E-state index < -0.39 is 23.9 Å². The van der Waals surface area contributed by atoms with E-state index in [1.807, 2.05) is 0 Å². The summed E-state index contributed by atoms with van der Waals surface area (Å²) in [5.41, 5.74) is 0.388. The van der Waals surface area contributed by atoms with Crippen molar-refractivity contribution >= 4 is 23.6 Å². The normalized spacial score (nSPS) is 17.6. The van der Waals surface area contributed by atoms with Crippen LogP contribution in [-0.4, -0.2) is 18.6 Å². The number of urea groups is 1. The SMILES string of the molecule is C=CCOC(=O)C1=C(C)NC(=O)N[C@H]1c1c(F)cccc1Cl. The molecule has 2 amide bonds. The number of hydrogen-bond acceptors (Lipinski definition) is 3. The topological polar surface area (TPSA) is 67.4 Å². The largest absolute Gasteiger partial charge is 0.458 e. The smallest absolute Gasteiger partial charge is 0.338 e. The van der Waals surface area contributed by atoms with E-state index in [4.69, 9.17) is 16.3 Å². The molecule has 0 bridgehead atoms. The van der Waals surface area contributed by atoms with Gasteiger partial charge in [0, 0.05) is 16.3 Å². The highest BCUT2D eigenvalue weighted by atomic mass is 35.5. The Morgan fingerprint density at radius 2 is 2.27 bits per heavy atom. The third-order valence-electron chi connectivity index (χ3n) is 3.11. The van der Waals surface area contributed by atoms with Gasteiger partial charge in [-0.2, -0.15) is 0 Å². The average molecular weight is 325 g/mol. The molecule has 7 heteroatoms. The summed E-state index contributed by atoms with van der Waals surface area (Å²) in [6.07, 6.45) is 1.41. The summed E-state index contributed by atoms with van der Waals surface area (Å²) in [5.74, 6) is -1.31. The van der Waals surface area contributed by atoms with Gasteiger partial charge >= 0.3 is 12.0 Å². The summed E-state index contributed by atoms with van der Waals surface area (Å²) in [7, 11) is 0. The quantitative estimate of drug-likeness (QED) is 0.661. The molecule has 1 aliphatic rings. The lowest BCUT2D eigenvalue weighted by Gasteiger charge is -2.28. The van der Waals surface area contributed by atoms with Crippen molar-refractivity contribution < 1.29 is 18.7 Å². The zero-order chi connectivity index (χ0) is 16.3. The second-order valence-corrected chi connectivity index (χ2v) is 5.00. The first-order valence-electron chi connectivity index (χ1n) is 6.46. The number of carbonyl (C=O) groups is 2. The van der Waals surface area contributed by atoms with Gasteiger partial charge in [-0.3, -0.25) is 0 Å². The Hall–Kier alpha value is -2.34. The van der Waals surface area contributed by atoms with Crippen molar-refractivity contribution in [2.24, 2.45) is 0 Å². The Kier molecular flexibility index (Phi) is 4.82. The van der Waals surface area contributed by atoms with Gasteiger partial charge in [-0.15, -0.1) is 0 Å². The third-order valence-corrected chi connectivity index (χ3v) is 3.44. The van der Waals surface area contributed by atoms with Crippen LogP contribution < -0.4 is 10.6 Å². The molecule has 116 valence electrons. The minimum absolute atomic E-state index is 0.00127. The minimum Gasteiger partial charge on any atom is -0.458 e. The minimum atomic E-state index is -1.03. The van der Waals surface area contributed by atoms with E-state index in [-0.39, 0.29) is 28.5 Å². The van der Waals surface area contributed by atoms with Gasteiger partial charge < -0.3 is 15.4 Å². The van der Waals surface area contributed by atoms with Crippen LogP contribution in [0.15, 0.2) is 42.1 Å². The van der Waals surface area contributed by atoms with Gasteiger partial charge in [-0.25, -0.2) is 14.0 Å². The van der Waals surface area contributed by atoms with E-state index in [2.05, 4.69) is 17.2 Å². The number of ether oxygens (including phenoxy) is 1. The average Bonchev–Trinajstić information content (AvgIpc) is 2.44.